The Bertz CT molecular complexity index is 748. The topological polar surface area (TPSA) is 56.8 Å². The lowest BCUT2D eigenvalue weighted by Crippen LogP contribution is -2.31. The first-order chi connectivity index (χ1) is 11.9. The fraction of sp³-hybridized carbons (Fsp3) is 0.316. The van der Waals surface area contributed by atoms with Crippen LogP contribution in [0.5, 0.6) is 17.2 Å². The number of hydrogen-bond acceptors (Lipinski definition) is 4. The molecule has 0 aliphatic carbocycles. The van der Waals surface area contributed by atoms with E-state index in [0.29, 0.717) is 22.3 Å². The van der Waals surface area contributed by atoms with Gasteiger partial charge in [-0.15, -0.1) is 0 Å². The molecule has 1 amide bonds. The molecule has 134 valence electrons. The van der Waals surface area contributed by atoms with Gasteiger partial charge in [0.25, 0.3) is 5.91 Å². The number of nitrogens with one attached hydrogen (secondary N) is 1. The first-order valence-electron chi connectivity index (χ1n) is 7.84. The number of methoxy groups -OCH3 is 2. The number of amides is 1. The Kier molecular flexibility index (Phi) is 6.53. The quantitative estimate of drug-likeness (QED) is 0.810. The molecule has 0 aromatic heterocycles. The normalized spacial score (nSPS) is 11.6. The average Bonchev–Trinajstić information content (AvgIpc) is 2.62. The van der Waals surface area contributed by atoms with Crippen LogP contribution >= 0.6 is 11.6 Å². The second-order valence-corrected chi connectivity index (χ2v) is 6.00. The predicted molar refractivity (Wildman–Crippen MR) is 97.8 cm³/mol. The zero-order valence-corrected chi connectivity index (χ0v) is 15.5. The summed E-state index contributed by atoms with van der Waals surface area (Å²) in [6.07, 6.45) is 0. The molecule has 2 aromatic carbocycles. The monoisotopic (exact) mass is 363 g/mol. The molecule has 0 saturated heterocycles. The first kappa shape index (κ1) is 18.9. The standard InChI is InChI=1S/C19H22ClNO4/c1-12-9-15(5-7-17(12)20)25-11-19(22)21-13(2)16-10-14(23-3)6-8-18(16)24-4/h5-10,13H,11H2,1-4H3,(H,21,22)/t13-/m0/s1. The largest absolute Gasteiger partial charge is 0.497 e. The van der Waals surface area contributed by atoms with Crippen molar-refractivity contribution in [2.75, 3.05) is 20.8 Å². The van der Waals surface area contributed by atoms with Gasteiger partial charge in [-0.3, -0.25) is 4.79 Å². The molecular weight excluding hydrogens is 342 g/mol. The van der Waals surface area contributed by atoms with Crippen LogP contribution in [-0.2, 0) is 4.79 Å². The van der Waals surface area contributed by atoms with Crippen molar-refractivity contribution in [3.05, 3.63) is 52.5 Å². The van der Waals surface area contributed by atoms with Gasteiger partial charge in [-0.25, -0.2) is 0 Å². The Morgan fingerprint density at radius 2 is 1.84 bits per heavy atom. The smallest absolute Gasteiger partial charge is 0.258 e. The lowest BCUT2D eigenvalue weighted by atomic mass is 10.1. The minimum Gasteiger partial charge on any atom is -0.497 e. The number of carbonyl (C=O) groups excluding carboxylic acids is 1. The van der Waals surface area contributed by atoms with Crippen molar-refractivity contribution in [1.82, 2.24) is 5.32 Å². The number of hydrogen-bond donors (Lipinski definition) is 1. The maximum absolute atomic E-state index is 12.2. The van der Waals surface area contributed by atoms with E-state index in [9.17, 15) is 4.79 Å². The molecule has 0 bridgehead atoms. The molecule has 0 radical (unpaired) electrons. The van der Waals surface area contributed by atoms with Crippen LogP contribution in [0.25, 0.3) is 0 Å². The van der Waals surface area contributed by atoms with E-state index in [0.717, 1.165) is 11.1 Å². The van der Waals surface area contributed by atoms with Crippen molar-refractivity contribution >= 4 is 17.5 Å². The van der Waals surface area contributed by atoms with Gasteiger partial charge in [-0.2, -0.15) is 0 Å². The van der Waals surface area contributed by atoms with Gasteiger partial charge in [0.1, 0.15) is 17.2 Å². The zero-order chi connectivity index (χ0) is 18.4. The second-order valence-electron chi connectivity index (χ2n) is 5.60. The van der Waals surface area contributed by atoms with Crippen molar-refractivity contribution in [2.24, 2.45) is 0 Å². The van der Waals surface area contributed by atoms with Crippen LogP contribution in [-0.4, -0.2) is 26.7 Å². The van der Waals surface area contributed by atoms with Gasteiger partial charge in [0.2, 0.25) is 0 Å². The summed E-state index contributed by atoms with van der Waals surface area (Å²) in [5, 5.41) is 3.56. The maximum Gasteiger partial charge on any atom is 0.258 e. The first-order valence-corrected chi connectivity index (χ1v) is 8.22. The van der Waals surface area contributed by atoms with Crippen LogP contribution in [0, 0.1) is 6.92 Å². The molecule has 0 saturated carbocycles. The Labute approximate surface area is 152 Å². The molecule has 1 N–H and O–H groups in total. The number of carbonyl (C=O) groups is 1. The Hall–Kier alpha value is -2.40. The summed E-state index contributed by atoms with van der Waals surface area (Å²) >= 11 is 5.98. The van der Waals surface area contributed by atoms with Crippen molar-refractivity contribution in [3.8, 4) is 17.2 Å². The summed E-state index contributed by atoms with van der Waals surface area (Å²) in [4.78, 5) is 12.2. The third-order valence-corrected chi connectivity index (χ3v) is 4.20. The number of aryl methyl sites for hydroxylation is 1. The molecule has 0 fully saturated rings. The van der Waals surface area contributed by atoms with E-state index in [1.807, 2.05) is 32.0 Å². The Morgan fingerprint density at radius 3 is 2.48 bits per heavy atom. The molecule has 2 aromatic rings. The van der Waals surface area contributed by atoms with Gasteiger partial charge in [0, 0.05) is 10.6 Å². The summed E-state index contributed by atoms with van der Waals surface area (Å²) < 4.78 is 16.1. The van der Waals surface area contributed by atoms with E-state index < -0.39 is 0 Å². The molecule has 0 aliphatic heterocycles. The van der Waals surface area contributed by atoms with Crippen molar-refractivity contribution in [1.29, 1.82) is 0 Å². The van der Waals surface area contributed by atoms with Crippen molar-refractivity contribution in [3.63, 3.8) is 0 Å². The highest BCUT2D eigenvalue weighted by molar-refractivity contribution is 6.31. The number of ether oxygens (including phenoxy) is 3. The van der Waals surface area contributed by atoms with Gasteiger partial charge in [0.15, 0.2) is 6.61 Å². The fourth-order valence-corrected chi connectivity index (χ4v) is 2.51. The molecule has 5 nitrogen and oxygen atoms in total. The molecule has 0 aliphatic rings. The van der Waals surface area contributed by atoms with Gasteiger partial charge in [0.05, 0.1) is 20.3 Å². The molecular formula is C19H22ClNO4. The van der Waals surface area contributed by atoms with Crippen LogP contribution in [0.1, 0.15) is 24.1 Å². The second kappa shape index (κ2) is 8.62. The van der Waals surface area contributed by atoms with Gasteiger partial charge in [-0.05, 0) is 55.8 Å². The number of halogens is 1. The lowest BCUT2D eigenvalue weighted by molar-refractivity contribution is -0.123. The highest BCUT2D eigenvalue weighted by atomic mass is 35.5. The molecule has 1 atom stereocenters. The van der Waals surface area contributed by atoms with Crippen LogP contribution in [0.15, 0.2) is 36.4 Å². The van der Waals surface area contributed by atoms with E-state index in [4.69, 9.17) is 25.8 Å². The summed E-state index contributed by atoms with van der Waals surface area (Å²) in [6.45, 7) is 3.67. The summed E-state index contributed by atoms with van der Waals surface area (Å²) in [6, 6.07) is 10.5. The van der Waals surface area contributed by atoms with Gasteiger partial charge in [-0.1, -0.05) is 11.6 Å². The van der Waals surface area contributed by atoms with Gasteiger partial charge >= 0.3 is 0 Å². The van der Waals surface area contributed by atoms with E-state index in [1.54, 1.807) is 32.4 Å². The molecule has 0 heterocycles. The van der Waals surface area contributed by atoms with E-state index in [-0.39, 0.29) is 18.6 Å². The molecule has 25 heavy (non-hydrogen) atoms. The fourth-order valence-electron chi connectivity index (χ4n) is 2.39. The van der Waals surface area contributed by atoms with E-state index in [1.165, 1.54) is 0 Å². The van der Waals surface area contributed by atoms with Crippen LogP contribution in [0.2, 0.25) is 5.02 Å². The average molecular weight is 364 g/mol. The number of benzene rings is 2. The minimum absolute atomic E-state index is 0.0856. The maximum atomic E-state index is 12.2. The lowest BCUT2D eigenvalue weighted by Gasteiger charge is -2.18. The zero-order valence-electron chi connectivity index (χ0n) is 14.8. The highest BCUT2D eigenvalue weighted by Gasteiger charge is 2.15. The molecule has 2 rings (SSSR count). The van der Waals surface area contributed by atoms with Crippen LogP contribution < -0.4 is 19.5 Å². The molecule has 0 unspecified atom stereocenters. The van der Waals surface area contributed by atoms with Gasteiger partial charge < -0.3 is 19.5 Å². The SMILES string of the molecule is COc1ccc(OC)c([C@H](C)NC(=O)COc2ccc(Cl)c(C)c2)c1. The number of rotatable bonds is 7. The van der Waals surface area contributed by atoms with Crippen LogP contribution in [0.3, 0.4) is 0 Å². The Balaban J connectivity index is 1.99. The summed E-state index contributed by atoms with van der Waals surface area (Å²) in [5.41, 5.74) is 1.73. The van der Waals surface area contributed by atoms with Crippen LogP contribution in [0.4, 0.5) is 0 Å². The predicted octanol–water partition coefficient (Wildman–Crippen LogP) is 3.92. The Morgan fingerprint density at radius 1 is 1.12 bits per heavy atom. The summed E-state index contributed by atoms with van der Waals surface area (Å²) in [7, 11) is 3.18. The van der Waals surface area contributed by atoms with Crippen molar-refractivity contribution < 1.29 is 19.0 Å². The van der Waals surface area contributed by atoms with E-state index >= 15 is 0 Å². The highest BCUT2D eigenvalue weighted by Crippen LogP contribution is 2.29. The minimum atomic E-state index is -0.256. The third-order valence-electron chi connectivity index (χ3n) is 3.78. The van der Waals surface area contributed by atoms with E-state index in [2.05, 4.69) is 5.32 Å². The molecule has 6 heteroatoms. The van der Waals surface area contributed by atoms with Crippen molar-refractivity contribution in [2.45, 2.75) is 19.9 Å². The molecule has 0 spiro atoms. The summed E-state index contributed by atoms with van der Waals surface area (Å²) in [5.74, 6) is 1.75. The third kappa shape index (κ3) is 5.03.